The molecule has 6 heteroatoms. The molecule has 1 aliphatic carbocycles. The number of hydrogen-bond acceptors (Lipinski definition) is 3. The number of halogens is 3. The van der Waals surface area contributed by atoms with Crippen LogP contribution in [0.15, 0.2) is 60.8 Å². The fourth-order valence-corrected chi connectivity index (χ4v) is 3.68. The molecule has 1 aromatic heterocycles. The van der Waals surface area contributed by atoms with Crippen molar-refractivity contribution in [3.63, 3.8) is 0 Å². The van der Waals surface area contributed by atoms with Gasteiger partial charge in [-0.2, -0.15) is 13.2 Å². The Bertz CT molecular complexity index is 987. The quantitative estimate of drug-likeness (QED) is 0.618. The zero-order chi connectivity index (χ0) is 19.7. The molecule has 2 N–H and O–H groups in total. The molecule has 4 rings (SSSR count). The lowest BCUT2D eigenvalue weighted by Gasteiger charge is -2.19. The van der Waals surface area contributed by atoms with Gasteiger partial charge >= 0.3 is 6.18 Å². The van der Waals surface area contributed by atoms with Crippen LogP contribution >= 0.6 is 0 Å². The van der Waals surface area contributed by atoms with Gasteiger partial charge in [-0.3, -0.25) is 0 Å². The van der Waals surface area contributed by atoms with E-state index in [1.165, 1.54) is 6.07 Å². The first-order valence-electron chi connectivity index (χ1n) is 9.04. The third kappa shape index (κ3) is 3.67. The summed E-state index contributed by atoms with van der Waals surface area (Å²) in [5.74, 6) is 0.0442. The molecule has 0 aliphatic heterocycles. The standard InChI is InChI=1S/C22H19F3N2O/c23-22(24,25)16-11-20(19-8-6-15-10-17(26)7-9-18(15)19)21(27-12-16)28-13-14-4-2-1-3-5-14/h1-5,7,9-12,19H,6,8,13,26H2. The van der Waals surface area contributed by atoms with E-state index < -0.39 is 11.7 Å². The molecule has 1 atom stereocenters. The molecule has 2 aromatic carbocycles. The van der Waals surface area contributed by atoms with Crippen molar-refractivity contribution < 1.29 is 17.9 Å². The van der Waals surface area contributed by atoms with Crippen molar-refractivity contribution >= 4 is 5.69 Å². The summed E-state index contributed by atoms with van der Waals surface area (Å²) in [6, 6.07) is 16.2. The van der Waals surface area contributed by atoms with Gasteiger partial charge in [0, 0.05) is 23.4 Å². The van der Waals surface area contributed by atoms with Crippen LogP contribution in [-0.2, 0) is 19.2 Å². The van der Waals surface area contributed by atoms with Gasteiger partial charge in [0.15, 0.2) is 0 Å². The summed E-state index contributed by atoms with van der Waals surface area (Å²) in [5.41, 5.74) is 9.19. The Kier molecular flexibility index (Phi) is 4.71. The summed E-state index contributed by atoms with van der Waals surface area (Å²) in [4.78, 5) is 4.03. The van der Waals surface area contributed by atoms with E-state index >= 15 is 0 Å². The summed E-state index contributed by atoms with van der Waals surface area (Å²) < 4.78 is 45.7. The third-order valence-corrected chi connectivity index (χ3v) is 5.04. The van der Waals surface area contributed by atoms with E-state index in [9.17, 15) is 13.2 Å². The van der Waals surface area contributed by atoms with Crippen LogP contribution in [0, 0.1) is 0 Å². The summed E-state index contributed by atoms with van der Waals surface area (Å²) in [6.07, 6.45) is -2.16. The molecular formula is C22H19F3N2O. The number of aromatic nitrogens is 1. The highest BCUT2D eigenvalue weighted by atomic mass is 19.4. The van der Waals surface area contributed by atoms with E-state index in [2.05, 4.69) is 4.98 Å². The van der Waals surface area contributed by atoms with Crippen LogP contribution in [0.2, 0.25) is 0 Å². The molecule has 1 unspecified atom stereocenters. The zero-order valence-corrected chi connectivity index (χ0v) is 15.0. The lowest BCUT2D eigenvalue weighted by molar-refractivity contribution is -0.137. The van der Waals surface area contributed by atoms with Crippen molar-refractivity contribution in [2.45, 2.75) is 31.5 Å². The van der Waals surface area contributed by atoms with Crippen molar-refractivity contribution in [2.75, 3.05) is 5.73 Å². The Labute approximate surface area is 161 Å². The first-order valence-corrected chi connectivity index (χ1v) is 9.04. The topological polar surface area (TPSA) is 48.1 Å². The molecule has 0 spiro atoms. The van der Waals surface area contributed by atoms with Crippen molar-refractivity contribution in [3.8, 4) is 5.88 Å². The average Bonchev–Trinajstić information content (AvgIpc) is 3.09. The number of hydrogen-bond donors (Lipinski definition) is 1. The molecule has 0 bridgehead atoms. The van der Waals surface area contributed by atoms with Crippen LogP contribution in [0.3, 0.4) is 0 Å². The monoisotopic (exact) mass is 384 g/mol. The van der Waals surface area contributed by atoms with Crippen LogP contribution in [0.1, 0.15) is 40.2 Å². The van der Waals surface area contributed by atoms with Gasteiger partial charge in [-0.25, -0.2) is 4.98 Å². The Balaban J connectivity index is 1.71. The maximum Gasteiger partial charge on any atom is 0.417 e. The molecule has 3 nitrogen and oxygen atoms in total. The molecule has 3 aromatic rings. The molecule has 0 saturated carbocycles. The minimum Gasteiger partial charge on any atom is -0.473 e. The minimum atomic E-state index is -4.46. The molecule has 28 heavy (non-hydrogen) atoms. The average molecular weight is 384 g/mol. The Morgan fingerprint density at radius 3 is 2.57 bits per heavy atom. The number of nitrogens with zero attached hydrogens (tertiary/aromatic N) is 1. The number of nitrogen functional groups attached to an aromatic ring is 1. The molecule has 0 radical (unpaired) electrons. The highest BCUT2D eigenvalue weighted by molar-refractivity contribution is 5.52. The van der Waals surface area contributed by atoms with Crippen LogP contribution < -0.4 is 10.5 Å². The number of ether oxygens (including phenoxy) is 1. The summed E-state index contributed by atoms with van der Waals surface area (Å²) in [6.45, 7) is 0.244. The second-order valence-corrected chi connectivity index (χ2v) is 6.94. The van der Waals surface area contributed by atoms with Gasteiger partial charge in [-0.05, 0) is 47.7 Å². The fraction of sp³-hybridized carbons (Fsp3) is 0.227. The van der Waals surface area contributed by atoms with E-state index in [1.54, 1.807) is 6.07 Å². The molecule has 144 valence electrons. The van der Waals surface area contributed by atoms with E-state index in [0.717, 1.165) is 29.3 Å². The number of pyridine rings is 1. The number of rotatable bonds is 4. The predicted octanol–water partition coefficient (Wildman–Crippen LogP) is 5.34. The zero-order valence-electron chi connectivity index (χ0n) is 15.0. The van der Waals surface area contributed by atoms with Crippen molar-refractivity contribution in [1.82, 2.24) is 4.98 Å². The lowest BCUT2D eigenvalue weighted by Crippen LogP contribution is -2.10. The van der Waals surface area contributed by atoms with Crippen molar-refractivity contribution in [3.05, 3.63) is 88.6 Å². The van der Waals surface area contributed by atoms with Gasteiger partial charge < -0.3 is 10.5 Å². The Hall–Kier alpha value is -3.02. The Morgan fingerprint density at radius 2 is 1.82 bits per heavy atom. The summed E-state index contributed by atoms with van der Waals surface area (Å²) in [5, 5.41) is 0. The molecule has 1 aliphatic rings. The van der Waals surface area contributed by atoms with E-state index in [4.69, 9.17) is 10.5 Å². The first kappa shape index (κ1) is 18.3. The first-order chi connectivity index (χ1) is 13.4. The maximum atomic E-state index is 13.3. The van der Waals surface area contributed by atoms with Crippen molar-refractivity contribution in [2.24, 2.45) is 0 Å². The van der Waals surface area contributed by atoms with Crippen LogP contribution in [0.25, 0.3) is 0 Å². The molecule has 0 fully saturated rings. The molecular weight excluding hydrogens is 365 g/mol. The number of fused-ring (bicyclic) bond motifs is 1. The Morgan fingerprint density at radius 1 is 1.04 bits per heavy atom. The molecule has 0 amide bonds. The number of nitrogens with two attached hydrogens (primary N) is 1. The largest absolute Gasteiger partial charge is 0.473 e. The van der Waals surface area contributed by atoms with Crippen LogP contribution in [0.4, 0.5) is 18.9 Å². The van der Waals surface area contributed by atoms with Gasteiger partial charge in [0.05, 0.1) is 5.56 Å². The summed E-state index contributed by atoms with van der Waals surface area (Å²) >= 11 is 0. The van der Waals surface area contributed by atoms with E-state index in [0.29, 0.717) is 17.7 Å². The van der Waals surface area contributed by atoms with E-state index in [-0.39, 0.29) is 18.4 Å². The van der Waals surface area contributed by atoms with Gasteiger partial charge in [0.1, 0.15) is 6.61 Å². The normalized spacial score (nSPS) is 16.0. The summed E-state index contributed by atoms with van der Waals surface area (Å²) in [7, 11) is 0. The number of aryl methyl sites for hydroxylation is 1. The number of anilines is 1. The maximum absolute atomic E-state index is 13.3. The van der Waals surface area contributed by atoms with Gasteiger partial charge in [-0.15, -0.1) is 0 Å². The SMILES string of the molecule is Nc1ccc2c(c1)CCC2c1cc(C(F)(F)F)cnc1OCc1ccccc1. The van der Waals surface area contributed by atoms with E-state index in [1.807, 2.05) is 42.5 Å². The molecule has 0 saturated heterocycles. The van der Waals surface area contributed by atoms with Crippen molar-refractivity contribution in [1.29, 1.82) is 0 Å². The fourth-order valence-electron chi connectivity index (χ4n) is 3.68. The smallest absolute Gasteiger partial charge is 0.417 e. The van der Waals surface area contributed by atoms with Crippen LogP contribution in [0.5, 0.6) is 5.88 Å². The van der Waals surface area contributed by atoms with Gasteiger partial charge in [0.25, 0.3) is 0 Å². The number of alkyl halides is 3. The molecule has 1 heterocycles. The van der Waals surface area contributed by atoms with Gasteiger partial charge in [0.2, 0.25) is 5.88 Å². The lowest BCUT2D eigenvalue weighted by atomic mass is 9.92. The second kappa shape index (κ2) is 7.19. The minimum absolute atomic E-state index is 0.198. The van der Waals surface area contributed by atoms with Crippen LogP contribution in [-0.4, -0.2) is 4.98 Å². The predicted molar refractivity (Wildman–Crippen MR) is 101 cm³/mol. The highest BCUT2D eigenvalue weighted by Crippen LogP contribution is 2.43. The number of benzene rings is 2. The second-order valence-electron chi connectivity index (χ2n) is 6.94. The highest BCUT2D eigenvalue weighted by Gasteiger charge is 2.34. The van der Waals surface area contributed by atoms with Gasteiger partial charge in [-0.1, -0.05) is 36.4 Å². The third-order valence-electron chi connectivity index (χ3n) is 5.04.